The summed E-state index contributed by atoms with van der Waals surface area (Å²) in [6.07, 6.45) is 5.17. The highest BCUT2D eigenvalue weighted by atomic mass is 32.2. The number of esters is 1. The number of nitrogens with zero attached hydrogens (tertiary/aromatic N) is 3. The van der Waals surface area contributed by atoms with Crippen molar-refractivity contribution in [2.75, 3.05) is 36.2 Å². The van der Waals surface area contributed by atoms with Gasteiger partial charge in [-0.25, -0.2) is 9.37 Å². The van der Waals surface area contributed by atoms with Crippen molar-refractivity contribution in [1.29, 1.82) is 0 Å². The maximum atomic E-state index is 13.4. The number of halogens is 1. The molecule has 1 aromatic heterocycles. The summed E-state index contributed by atoms with van der Waals surface area (Å²) in [6.45, 7) is 1.71. The average molecular weight is 376 g/mol. The van der Waals surface area contributed by atoms with E-state index in [1.165, 1.54) is 24.9 Å². The lowest BCUT2D eigenvalue weighted by molar-refractivity contribution is -0.137. The first-order valence-corrected chi connectivity index (χ1v) is 9.41. The van der Waals surface area contributed by atoms with E-state index in [9.17, 15) is 9.18 Å². The molecule has 0 spiro atoms. The third-order valence-corrected chi connectivity index (χ3v) is 5.07. The first-order valence-electron chi connectivity index (χ1n) is 8.43. The normalized spacial score (nSPS) is 14.9. The van der Waals surface area contributed by atoms with Crippen LogP contribution in [0, 0.1) is 5.82 Å². The number of carbonyl (C=O) groups is 1. The zero-order valence-corrected chi connectivity index (χ0v) is 15.3. The molecule has 26 heavy (non-hydrogen) atoms. The van der Waals surface area contributed by atoms with E-state index in [0.29, 0.717) is 10.8 Å². The Labute approximate surface area is 156 Å². The molecular weight excluding hydrogens is 355 g/mol. The monoisotopic (exact) mass is 376 g/mol. The van der Waals surface area contributed by atoms with E-state index < -0.39 is 0 Å². The quantitative estimate of drug-likeness (QED) is 0.614. The Hall–Kier alpha value is -2.35. The van der Waals surface area contributed by atoms with Crippen LogP contribution < -0.4 is 10.2 Å². The van der Waals surface area contributed by atoms with Crippen molar-refractivity contribution in [1.82, 2.24) is 9.97 Å². The highest BCUT2D eigenvalue weighted by molar-refractivity contribution is 7.99. The molecule has 0 amide bonds. The molecule has 1 aliphatic heterocycles. The summed E-state index contributed by atoms with van der Waals surface area (Å²) >= 11 is 1.30. The lowest BCUT2D eigenvalue weighted by Crippen LogP contribution is -2.39. The summed E-state index contributed by atoms with van der Waals surface area (Å²) in [5.41, 5.74) is 0.921. The Morgan fingerprint density at radius 3 is 2.92 bits per heavy atom. The molecule has 0 unspecified atom stereocenters. The summed E-state index contributed by atoms with van der Waals surface area (Å²) in [6, 6.07) is 6.99. The highest BCUT2D eigenvalue weighted by Crippen LogP contribution is 2.23. The van der Waals surface area contributed by atoms with Crippen LogP contribution in [-0.2, 0) is 9.53 Å². The first-order chi connectivity index (χ1) is 12.6. The number of benzene rings is 1. The van der Waals surface area contributed by atoms with Crippen molar-refractivity contribution in [2.45, 2.75) is 23.9 Å². The summed E-state index contributed by atoms with van der Waals surface area (Å²) in [5.74, 6) is 0.406. The van der Waals surface area contributed by atoms with Gasteiger partial charge in [-0.1, -0.05) is 17.8 Å². The van der Waals surface area contributed by atoms with Gasteiger partial charge in [0.25, 0.3) is 0 Å². The minimum atomic E-state index is -0.292. The number of ether oxygens (including phenoxy) is 1. The van der Waals surface area contributed by atoms with E-state index in [4.69, 9.17) is 0 Å². The number of methoxy groups -OCH3 is 1. The Balaban J connectivity index is 1.52. The zero-order valence-electron chi connectivity index (χ0n) is 14.5. The second-order valence-electron chi connectivity index (χ2n) is 5.99. The van der Waals surface area contributed by atoms with Crippen LogP contribution in [0.25, 0.3) is 0 Å². The molecule has 2 aromatic rings. The molecule has 138 valence electrons. The molecule has 1 saturated heterocycles. The molecule has 0 bridgehead atoms. The van der Waals surface area contributed by atoms with Gasteiger partial charge in [-0.3, -0.25) is 9.78 Å². The second-order valence-corrected chi connectivity index (χ2v) is 6.99. The largest absolute Gasteiger partial charge is 0.468 e. The van der Waals surface area contributed by atoms with Crippen LogP contribution in [0.5, 0.6) is 0 Å². The van der Waals surface area contributed by atoms with Crippen LogP contribution >= 0.6 is 11.8 Å². The van der Waals surface area contributed by atoms with Gasteiger partial charge in [0.2, 0.25) is 0 Å². The zero-order chi connectivity index (χ0) is 18.4. The lowest BCUT2D eigenvalue weighted by Gasteiger charge is -2.34. The lowest BCUT2D eigenvalue weighted by atomic mass is 10.0. The predicted octanol–water partition coefficient (Wildman–Crippen LogP) is 2.96. The SMILES string of the molecule is COC(=O)CSc1cncc(NC2CCN(c3cccc(F)c3)CC2)n1. The van der Waals surface area contributed by atoms with Gasteiger partial charge in [-0.05, 0) is 31.0 Å². The third-order valence-electron chi connectivity index (χ3n) is 4.20. The van der Waals surface area contributed by atoms with Gasteiger partial charge >= 0.3 is 5.97 Å². The van der Waals surface area contributed by atoms with Gasteiger partial charge in [0.15, 0.2) is 0 Å². The van der Waals surface area contributed by atoms with Crippen molar-refractivity contribution in [2.24, 2.45) is 0 Å². The molecule has 0 aliphatic carbocycles. The molecule has 3 rings (SSSR count). The van der Waals surface area contributed by atoms with E-state index in [1.54, 1.807) is 24.5 Å². The van der Waals surface area contributed by atoms with Gasteiger partial charge < -0.3 is 15.0 Å². The van der Waals surface area contributed by atoms with Crippen molar-refractivity contribution in [3.05, 3.63) is 42.5 Å². The minimum absolute atomic E-state index is 0.209. The molecular formula is C18H21FN4O2S. The van der Waals surface area contributed by atoms with Crippen LogP contribution in [0.1, 0.15) is 12.8 Å². The third kappa shape index (κ3) is 5.08. The van der Waals surface area contributed by atoms with E-state index in [1.807, 2.05) is 6.07 Å². The van der Waals surface area contributed by atoms with Crippen LogP contribution in [0.15, 0.2) is 41.7 Å². The summed E-state index contributed by atoms with van der Waals surface area (Å²) in [7, 11) is 1.36. The summed E-state index contributed by atoms with van der Waals surface area (Å²) < 4.78 is 18.0. The fourth-order valence-corrected chi connectivity index (χ4v) is 3.52. The average Bonchev–Trinajstić information content (AvgIpc) is 2.67. The standard InChI is InChI=1S/C18H21FN4O2S/c1-25-18(24)12-26-17-11-20-10-16(22-17)21-14-5-7-23(8-6-14)15-4-2-3-13(19)9-15/h2-4,9-11,14H,5-8,12H2,1H3,(H,21,22). The van der Waals surface area contributed by atoms with E-state index in [-0.39, 0.29) is 23.6 Å². The van der Waals surface area contributed by atoms with Crippen molar-refractivity contribution >= 4 is 29.2 Å². The number of nitrogens with one attached hydrogen (secondary N) is 1. The molecule has 0 atom stereocenters. The van der Waals surface area contributed by atoms with Gasteiger partial charge in [-0.15, -0.1) is 0 Å². The van der Waals surface area contributed by atoms with Crippen LogP contribution in [0.2, 0.25) is 0 Å². The van der Waals surface area contributed by atoms with E-state index in [0.717, 1.165) is 31.6 Å². The Kier molecular flexibility index (Phi) is 6.27. The molecule has 6 nitrogen and oxygen atoms in total. The Bertz CT molecular complexity index is 753. The molecule has 0 radical (unpaired) electrons. The summed E-state index contributed by atoms with van der Waals surface area (Å²) in [5, 5.41) is 4.08. The topological polar surface area (TPSA) is 67.3 Å². The molecule has 1 aromatic carbocycles. The molecule has 2 heterocycles. The molecule has 1 fully saturated rings. The van der Waals surface area contributed by atoms with E-state index in [2.05, 4.69) is 24.9 Å². The fourth-order valence-electron chi connectivity index (χ4n) is 2.84. The van der Waals surface area contributed by atoms with Crippen molar-refractivity contribution in [3.63, 3.8) is 0 Å². The van der Waals surface area contributed by atoms with E-state index >= 15 is 0 Å². The number of rotatable bonds is 6. The number of hydrogen-bond donors (Lipinski definition) is 1. The Morgan fingerprint density at radius 1 is 1.38 bits per heavy atom. The molecule has 8 heteroatoms. The van der Waals surface area contributed by atoms with Crippen LogP contribution in [0.4, 0.5) is 15.9 Å². The molecule has 1 aliphatic rings. The molecule has 0 saturated carbocycles. The van der Waals surface area contributed by atoms with Crippen LogP contribution in [0.3, 0.4) is 0 Å². The fraction of sp³-hybridized carbons (Fsp3) is 0.389. The second kappa shape index (κ2) is 8.84. The predicted molar refractivity (Wildman–Crippen MR) is 100 cm³/mol. The number of thioether (sulfide) groups is 1. The number of hydrogen-bond acceptors (Lipinski definition) is 7. The number of piperidine rings is 1. The van der Waals surface area contributed by atoms with Gasteiger partial charge in [0.1, 0.15) is 16.7 Å². The molecule has 1 N–H and O–H groups in total. The summed E-state index contributed by atoms with van der Waals surface area (Å²) in [4.78, 5) is 22.1. The van der Waals surface area contributed by atoms with Crippen LogP contribution in [-0.4, -0.2) is 47.9 Å². The minimum Gasteiger partial charge on any atom is -0.468 e. The van der Waals surface area contributed by atoms with Crippen molar-refractivity contribution in [3.8, 4) is 0 Å². The maximum absolute atomic E-state index is 13.4. The number of anilines is 2. The van der Waals surface area contributed by atoms with Gasteiger partial charge in [0.05, 0.1) is 25.3 Å². The number of carbonyl (C=O) groups excluding carboxylic acids is 1. The first kappa shape index (κ1) is 18.4. The Morgan fingerprint density at radius 2 is 2.19 bits per heavy atom. The van der Waals surface area contributed by atoms with Gasteiger partial charge in [-0.2, -0.15) is 0 Å². The maximum Gasteiger partial charge on any atom is 0.316 e. The van der Waals surface area contributed by atoms with Gasteiger partial charge in [0, 0.05) is 24.8 Å². The highest BCUT2D eigenvalue weighted by Gasteiger charge is 2.20. The number of aromatic nitrogens is 2. The smallest absolute Gasteiger partial charge is 0.316 e. The van der Waals surface area contributed by atoms with Crippen molar-refractivity contribution < 1.29 is 13.9 Å².